The zero-order chi connectivity index (χ0) is 17.3. The van der Waals surface area contributed by atoms with Crippen LogP contribution in [0.25, 0.3) is 11.3 Å². The van der Waals surface area contributed by atoms with Crippen LogP contribution in [0.2, 0.25) is 0 Å². The molecule has 2 atom stereocenters. The summed E-state index contributed by atoms with van der Waals surface area (Å²) in [7, 11) is 0. The van der Waals surface area contributed by atoms with Crippen LogP contribution in [0, 0.1) is 18.3 Å². The molecule has 0 amide bonds. The van der Waals surface area contributed by atoms with E-state index in [1.54, 1.807) is 0 Å². The van der Waals surface area contributed by atoms with Crippen molar-refractivity contribution in [1.29, 1.82) is 5.26 Å². The number of rotatable bonds is 4. The molecule has 2 unspecified atom stereocenters. The predicted octanol–water partition coefficient (Wildman–Crippen LogP) is 3.94. The third kappa shape index (κ3) is 3.06. The highest BCUT2D eigenvalue weighted by Gasteiger charge is 2.29. The first-order valence-corrected chi connectivity index (χ1v) is 9.02. The highest BCUT2D eigenvalue weighted by Crippen LogP contribution is 2.41. The summed E-state index contributed by atoms with van der Waals surface area (Å²) in [5, 5.41) is 14.1. The lowest BCUT2D eigenvalue weighted by molar-refractivity contribution is 0.282. The smallest absolute Gasteiger partial charge is 0.227 e. The van der Waals surface area contributed by atoms with Crippen molar-refractivity contribution in [3.8, 4) is 23.2 Å². The third-order valence-electron chi connectivity index (χ3n) is 4.52. The summed E-state index contributed by atoms with van der Waals surface area (Å²) in [6.45, 7) is 4.46. The molecule has 126 valence electrons. The number of ether oxygens (including phenoxy) is 1. The van der Waals surface area contributed by atoms with E-state index in [9.17, 15) is 5.26 Å². The summed E-state index contributed by atoms with van der Waals surface area (Å²) >= 11 is 3.64. The normalized spacial score (nSPS) is 20.1. The molecular weight excluding hydrogens is 368 g/mol. The molecule has 2 N–H and O–H groups in total. The molecule has 1 saturated carbocycles. The maximum absolute atomic E-state index is 9.28. The highest BCUT2D eigenvalue weighted by atomic mass is 79.9. The Morgan fingerprint density at radius 1 is 1.46 bits per heavy atom. The van der Waals surface area contributed by atoms with Crippen LogP contribution in [0.1, 0.15) is 43.4 Å². The molecule has 1 fully saturated rings. The van der Waals surface area contributed by atoms with E-state index in [0.29, 0.717) is 12.2 Å². The fourth-order valence-corrected chi connectivity index (χ4v) is 3.80. The average Bonchev–Trinajstić information content (AvgIpc) is 3.13. The van der Waals surface area contributed by atoms with Gasteiger partial charge in [0.1, 0.15) is 10.2 Å². The first-order chi connectivity index (χ1) is 11.5. The van der Waals surface area contributed by atoms with Gasteiger partial charge in [0.15, 0.2) is 0 Å². The molecule has 5 nitrogen and oxygen atoms in total. The van der Waals surface area contributed by atoms with Crippen molar-refractivity contribution in [3.63, 3.8) is 0 Å². The second kappa shape index (κ2) is 6.96. The zero-order valence-corrected chi connectivity index (χ0v) is 15.5. The van der Waals surface area contributed by atoms with Crippen molar-refractivity contribution < 1.29 is 4.74 Å². The molecule has 1 aliphatic carbocycles. The summed E-state index contributed by atoms with van der Waals surface area (Å²) in [6, 6.07) is 8.53. The van der Waals surface area contributed by atoms with Gasteiger partial charge in [-0.2, -0.15) is 10.4 Å². The second-order valence-electron chi connectivity index (χ2n) is 6.21. The van der Waals surface area contributed by atoms with Crippen LogP contribution in [0.15, 0.2) is 22.7 Å². The first kappa shape index (κ1) is 17.0. The number of nitriles is 1. The quantitative estimate of drug-likeness (QED) is 0.859. The third-order valence-corrected chi connectivity index (χ3v) is 5.23. The molecule has 6 heteroatoms. The molecule has 1 aromatic heterocycles. The fraction of sp³-hybridized carbons (Fsp3) is 0.444. The number of aromatic nitrogens is 2. The van der Waals surface area contributed by atoms with Crippen molar-refractivity contribution in [3.05, 3.63) is 33.8 Å². The van der Waals surface area contributed by atoms with Crippen LogP contribution in [0.3, 0.4) is 0 Å². The minimum atomic E-state index is 0.223. The van der Waals surface area contributed by atoms with Gasteiger partial charge in [0, 0.05) is 11.6 Å². The number of nitrogens with zero attached hydrogens (tertiary/aromatic N) is 3. The minimum Gasteiger partial charge on any atom is -0.477 e. The van der Waals surface area contributed by atoms with Crippen molar-refractivity contribution in [2.75, 3.05) is 6.61 Å². The Balaban J connectivity index is 2.07. The Hall–Kier alpha value is -1.84. The Labute approximate surface area is 150 Å². The van der Waals surface area contributed by atoms with Gasteiger partial charge in [-0.3, -0.25) is 0 Å². The van der Waals surface area contributed by atoms with Gasteiger partial charge in [-0.15, -0.1) is 0 Å². The average molecular weight is 389 g/mol. The van der Waals surface area contributed by atoms with Crippen LogP contribution in [-0.2, 0) is 0 Å². The molecule has 0 saturated heterocycles. The fourth-order valence-electron chi connectivity index (χ4n) is 3.20. The SMILES string of the molecule is CCOc1c(Br)c(-c2ccc(C)c(C#N)c2)nn1C1CCC(N)C1. The number of aryl methyl sites for hydroxylation is 1. The van der Waals surface area contributed by atoms with Gasteiger partial charge >= 0.3 is 0 Å². The molecular formula is C18H21BrN4O. The van der Waals surface area contributed by atoms with Crippen LogP contribution >= 0.6 is 15.9 Å². The monoisotopic (exact) mass is 388 g/mol. The Kier molecular flexibility index (Phi) is 4.93. The van der Waals surface area contributed by atoms with Gasteiger partial charge in [-0.1, -0.05) is 12.1 Å². The van der Waals surface area contributed by atoms with Crippen molar-refractivity contribution >= 4 is 15.9 Å². The van der Waals surface area contributed by atoms with Gasteiger partial charge in [-0.05, 0) is 60.7 Å². The van der Waals surface area contributed by atoms with Crippen molar-refractivity contribution in [2.45, 2.75) is 45.2 Å². The predicted molar refractivity (Wildman–Crippen MR) is 96.8 cm³/mol. The van der Waals surface area contributed by atoms with Crippen LogP contribution in [-0.4, -0.2) is 22.4 Å². The van der Waals surface area contributed by atoms with Gasteiger partial charge in [0.25, 0.3) is 0 Å². The van der Waals surface area contributed by atoms with Gasteiger partial charge in [-0.25, -0.2) is 4.68 Å². The maximum Gasteiger partial charge on any atom is 0.227 e. The molecule has 0 bridgehead atoms. The number of halogens is 1. The van der Waals surface area contributed by atoms with E-state index in [-0.39, 0.29) is 12.1 Å². The largest absolute Gasteiger partial charge is 0.477 e. The lowest BCUT2D eigenvalue weighted by Crippen LogP contribution is -2.17. The van der Waals surface area contributed by atoms with Gasteiger partial charge < -0.3 is 10.5 Å². The molecule has 24 heavy (non-hydrogen) atoms. The van der Waals surface area contributed by atoms with E-state index in [1.807, 2.05) is 36.7 Å². The summed E-state index contributed by atoms with van der Waals surface area (Å²) in [5.41, 5.74) is 9.40. The molecule has 1 aromatic carbocycles. The molecule has 0 aliphatic heterocycles. The Morgan fingerprint density at radius 3 is 2.88 bits per heavy atom. The number of benzene rings is 1. The molecule has 0 spiro atoms. The molecule has 2 aromatic rings. The Morgan fingerprint density at radius 2 is 2.25 bits per heavy atom. The molecule has 3 rings (SSSR count). The summed E-state index contributed by atoms with van der Waals surface area (Å²) in [5.74, 6) is 0.741. The molecule has 1 aliphatic rings. The topological polar surface area (TPSA) is 76.9 Å². The second-order valence-corrected chi connectivity index (χ2v) is 7.01. The zero-order valence-electron chi connectivity index (χ0n) is 13.9. The minimum absolute atomic E-state index is 0.223. The summed E-state index contributed by atoms with van der Waals surface area (Å²) in [6.07, 6.45) is 2.92. The van der Waals surface area contributed by atoms with Gasteiger partial charge in [0.2, 0.25) is 5.88 Å². The lowest BCUT2D eigenvalue weighted by Gasteiger charge is -2.14. The molecule has 0 radical (unpaired) electrons. The summed E-state index contributed by atoms with van der Waals surface area (Å²) < 4.78 is 8.64. The van der Waals surface area contributed by atoms with E-state index in [4.69, 9.17) is 15.6 Å². The number of hydrogen-bond acceptors (Lipinski definition) is 4. The van der Waals surface area contributed by atoms with Crippen LogP contribution in [0.5, 0.6) is 5.88 Å². The van der Waals surface area contributed by atoms with E-state index >= 15 is 0 Å². The van der Waals surface area contributed by atoms with Crippen LogP contribution in [0.4, 0.5) is 0 Å². The summed E-state index contributed by atoms with van der Waals surface area (Å²) in [4.78, 5) is 0. The maximum atomic E-state index is 9.28. The molecule has 1 heterocycles. The number of hydrogen-bond donors (Lipinski definition) is 1. The Bertz CT molecular complexity index is 793. The highest BCUT2D eigenvalue weighted by molar-refractivity contribution is 9.10. The van der Waals surface area contributed by atoms with E-state index < -0.39 is 0 Å². The van der Waals surface area contributed by atoms with Crippen LogP contribution < -0.4 is 10.5 Å². The van der Waals surface area contributed by atoms with Crippen molar-refractivity contribution in [1.82, 2.24) is 9.78 Å². The number of nitrogens with two attached hydrogens (primary N) is 1. The van der Waals surface area contributed by atoms with E-state index in [2.05, 4.69) is 22.0 Å². The van der Waals surface area contributed by atoms with E-state index in [0.717, 1.165) is 46.4 Å². The standard InChI is InChI=1S/C18H21BrN4O/c1-3-24-18-16(19)17(12-5-4-11(2)13(8-12)10-20)22-23(18)15-7-6-14(21)9-15/h4-5,8,14-15H,3,6-7,9,21H2,1-2H3. The van der Waals surface area contributed by atoms with E-state index in [1.165, 1.54) is 0 Å². The first-order valence-electron chi connectivity index (χ1n) is 8.22. The van der Waals surface area contributed by atoms with Gasteiger partial charge in [0.05, 0.1) is 24.3 Å². The van der Waals surface area contributed by atoms with Crippen molar-refractivity contribution in [2.24, 2.45) is 5.73 Å². The lowest BCUT2D eigenvalue weighted by atomic mass is 10.0.